The van der Waals surface area contributed by atoms with Crippen LogP contribution in [0, 0.1) is 11.8 Å². The molecule has 1 fully saturated rings. The molecule has 9 nitrogen and oxygen atoms in total. The predicted molar refractivity (Wildman–Crippen MR) is 126 cm³/mol. The monoisotopic (exact) mass is 481 g/mol. The molecule has 184 valence electrons. The van der Waals surface area contributed by atoms with Crippen molar-refractivity contribution >= 4 is 27.5 Å². The smallest absolute Gasteiger partial charge is 0.257 e. The maximum atomic E-state index is 13.3. The molecular weight excluding hydrogens is 446 g/mol. The van der Waals surface area contributed by atoms with E-state index in [9.17, 15) is 18.0 Å². The van der Waals surface area contributed by atoms with Gasteiger partial charge < -0.3 is 19.3 Å². The number of carbonyl (C=O) groups excluding carboxylic acids is 2. The average molecular weight is 482 g/mol. The molecule has 0 bridgehead atoms. The SMILES string of the molecule is CO[C@H]1CN(C)C(=O)c2cc(NS(C)(=O)=O)ccc2OC[C@@H](C)N(C(=O)C2CCC2)C[C@H]1C. The van der Waals surface area contributed by atoms with Gasteiger partial charge in [-0.15, -0.1) is 0 Å². The van der Waals surface area contributed by atoms with Crippen LogP contribution >= 0.6 is 0 Å². The molecule has 1 heterocycles. The Kier molecular flexibility index (Phi) is 7.89. The number of benzene rings is 1. The third-order valence-electron chi connectivity index (χ3n) is 6.49. The summed E-state index contributed by atoms with van der Waals surface area (Å²) in [4.78, 5) is 29.9. The standard InChI is InChI=1S/C23H35N3O6S/c1-15-12-26(22(27)17-7-6-8-17)16(2)14-32-20-10-9-18(24-33(5,29)30)11-19(20)23(28)25(3)13-21(15)31-4/h9-11,15-17,21,24H,6-8,12-14H2,1-5H3/t15-,16-,21+/m1/s1. The van der Waals surface area contributed by atoms with E-state index in [4.69, 9.17) is 9.47 Å². The number of sulfonamides is 1. The van der Waals surface area contributed by atoms with Crippen LogP contribution in [0.25, 0.3) is 0 Å². The highest BCUT2D eigenvalue weighted by molar-refractivity contribution is 7.92. The van der Waals surface area contributed by atoms with Gasteiger partial charge in [-0.05, 0) is 38.0 Å². The van der Waals surface area contributed by atoms with Crippen LogP contribution in [0.2, 0.25) is 0 Å². The predicted octanol–water partition coefficient (Wildman–Crippen LogP) is 2.19. The van der Waals surface area contributed by atoms with Crippen LogP contribution in [0.3, 0.4) is 0 Å². The fraction of sp³-hybridized carbons (Fsp3) is 0.652. The van der Waals surface area contributed by atoms with Crippen LogP contribution in [-0.2, 0) is 19.6 Å². The van der Waals surface area contributed by atoms with Gasteiger partial charge in [0.1, 0.15) is 12.4 Å². The lowest BCUT2D eigenvalue weighted by Gasteiger charge is -2.39. The Morgan fingerprint density at radius 2 is 1.91 bits per heavy atom. The normalized spacial score (nSPS) is 25.2. The van der Waals surface area contributed by atoms with E-state index in [0.29, 0.717) is 18.8 Å². The number of nitrogens with one attached hydrogen (secondary N) is 1. The van der Waals surface area contributed by atoms with E-state index in [1.54, 1.807) is 31.2 Å². The maximum absolute atomic E-state index is 13.3. The number of ether oxygens (including phenoxy) is 2. The Hall–Kier alpha value is -2.33. The number of rotatable bonds is 4. The third-order valence-corrected chi connectivity index (χ3v) is 7.09. The molecule has 1 saturated carbocycles. The Bertz CT molecular complexity index is 978. The summed E-state index contributed by atoms with van der Waals surface area (Å²) >= 11 is 0. The molecule has 10 heteroatoms. The molecule has 1 aliphatic carbocycles. The van der Waals surface area contributed by atoms with E-state index in [0.717, 1.165) is 25.5 Å². The molecule has 1 aliphatic heterocycles. The molecule has 0 unspecified atom stereocenters. The lowest BCUT2D eigenvalue weighted by Crippen LogP contribution is -2.51. The van der Waals surface area contributed by atoms with Crippen molar-refractivity contribution in [2.45, 2.75) is 45.3 Å². The van der Waals surface area contributed by atoms with E-state index in [2.05, 4.69) is 4.72 Å². The summed E-state index contributed by atoms with van der Waals surface area (Å²) in [5.74, 6) is 0.250. The second-order valence-corrected chi connectivity index (χ2v) is 11.0. The van der Waals surface area contributed by atoms with Gasteiger partial charge in [0.15, 0.2) is 0 Å². The molecule has 1 aromatic carbocycles. The van der Waals surface area contributed by atoms with E-state index >= 15 is 0 Å². The summed E-state index contributed by atoms with van der Waals surface area (Å²) in [5, 5.41) is 0. The number of methoxy groups -OCH3 is 1. The van der Waals surface area contributed by atoms with Gasteiger partial charge >= 0.3 is 0 Å². The van der Waals surface area contributed by atoms with E-state index < -0.39 is 10.0 Å². The van der Waals surface area contributed by atoms with Crippen molar-refractivity contribution < 1.29 is 27.5 Å². The molecule has 1 aromatic rings. The fourth-order valence-corrected chi connectivity index (χ4v) is 4.81. The zero-order valence-corrected chi connectivity index (χ0v) is 20.9. The van der Waals surface area contributed by atoms with Crippen LogP contribution < -0.4 is 9.46 Å². The van der Waals surface area contributed by atoms with Crippen LogP contribution in [0.4, 0.5) is 5.69 Å². The number of likely N-dealkylation sites (N-methyl/N-ethyl adjacent to an activating group) is 1. The number of carbonyl (C=O) groups is 2. The first-order valence-corrected chi connectivity index (χ1v) is 13.2. The molecule has 1 N–H and O–H groups in total. The van der Waals surface area contributed by atoms with Gasteiger partial charge in [0, 0.05) is 44.8 Å². The number of nitrogens with zero attached hydrogens (tertiary/aromatic N) is 2. The Morgan fingerprint density at radius 1 is 1.21 bits per heavy atom. The summed E-state index contributed by atoms with van der Waals surface area (Å²) in [6.07, 6.45) is 3.69. The highest BCUT2D eigenvalue weighted by Gasteiger charge is 2.35. The summed E-state index contributed by atoms with van der Waals surface area (Å²) in [7, 11) is -0.222. The minimum Gasteiger partial charge on any atom is -0.491 e. The maximum Gasteiger partial charge on any atom is 0.257 e. The zero-order chi connectivity index (χ0) is 24.3. The lowest BCUT2D eigenvalue weighted by molar-refractivity contribution is -0.142. The van der Waals surface area contributed by atoms with Gasteiger partial charge in [-0.2, -0.15) is 0 Å². The molecule has 0 radical (unpaired) electrons. The van der Waals surface area contributed by atoms with Crippen LogP contribution in [0.15, 0.2) is 18.2 Å². The minimum absolute atomic E-state index is 0.00569. The van der Waals surface area contributed by atoms with Crippen molar-refractivity contribution in [1.82, 2.24) is 9.80 Å². The molecule has 0 aromatic heterocycles. The van der Waals surface area contributed by atoms with Gasteiger partial charge in [0.25, 0.3) is 5.91 Å². The quantitative estimate of drug-likeness (QED) is 0.707. The van der Waals surface area contributed by atoms with Crippen LogP contribution in [-0.4, -0.2) is 82.3 Å². The Labute approximate surface area is 196 Å². The second-order valence-electron chi connectivity index (χ2n) is 9.30. The third kappa shape index (κ3) is 6.17. The van der Waals surface area contributed by atoms with E-state index in [1.807, 2.05) is 18.7 Å². The first kappa shape index (κ1) is 25.3. The Morgan fingerprint density at radius 3 is 2.48 bits per heavy atom. The van der Waals surface area contributed by atoms with Crippen molar-refractivity contribution in [3.8, 4) is 5.75 Å². The molecule has 33 heavy (non-hydrogen) atoms. The number of hydrogen-bond donors (Lipinski definition) is 1. The first-order valence-electron chi connectivity index (χ1n) is 11.3. The molecule has 3 atom stereocenters. The summed E-state index contributed by atoms with van der Waals surface area (Å²) in [6.45, 7) is 5.02. The van der Waals surface area contributed by atoms with Crippen LogP contribution in [0.1, 0.15) is 43.5 Å². The summed E-state index contributed by atoms with van der Waals surface area (Å²) < 4.78 is 37.5. The van der Waals surface area contributed by atoms with Crippen molar-refractivity contribution in [2.24, 2.45) is 11.8 Å². The molecule has 3 rings (SSSR count). The zero-order valence-electron chi connectivity index (χ0n) is 20.0. The highest BCUT2D eigenvalue weighted by Crippen LogP contribution is 2.31. The lowest BCUT2D eigenvalue weighted by atomic mass is 9.83. The molecule has 2 amide bonds. The first-order chi connectivity index (χ1) is 15.5. The van der Waals surface area contributed by atoms with Gasteiger partial charge in [-0.25, -0.2) is 8.42 Å². The average Bonchev–Trinajstić information content (AvgIpc) is 2.70. The molecule has 0 saturated heterocycles. The largest absolute Gasteiger partial charge is 0.491 e. The number of fused-ring (bicyclic) bond motifs is 1. The number of amides is 2. The topological polar surface area (TPSA) is 105 Å². The van der Waals surface area contributed by atoms with Crippen molar-refractivity contribution in [3.63, 3.8) is 0 Å². The number of hydrogen-bond acceptors (Lipinski definition) is 6. The van der Waals surface area contributed by atoms with Crippen molar-refractivity contribution in [1.29, 1.82) is 0 Å². The fourth-order valence-electron chi connectivity index (χ4n) is 4.25. The van der Waals surface area contributed by atoms with E-state index in [-0.39, 0.29) is 53.7 Å². The summed E-state index contributed by atoms with van der Waals surface area (Å²) in [6, 6.07) is 4.42. The van der Waals surface area contributed by atoms with Gasteiger partial charge in [0.2, 0.25) is 15.9 Å². The van der Waals surface area contributed by atoms with Crippen molar-refractivity contribution in [2.75, 3.05) is 44.8 Å². The summed E-state index contributed by atoms with van der Waals surface area (Å²) in [5.41, 5.74) is 0.526. The second kappa shape index (κ2) is 10.3. The van der Waals surface area contributed by atoms with E-state index in [1.165, 1.54) is 6.07 Å². The van der Waals surface area contributed by atoms with Crippen molar-refractivity contribution in [3.05, 3.63) is 23.8 Å². The van der Waals surface area contributed by atoms with Crippen LogP contribution in [0.5, 0.6) is 5.75 Å². The Balaban J connectivity index is 1.96. The molecular formula is C23H35N3O6S. The number of anilines is 1. The van der Waals surface area contributed by atoms with Gasteiger partial charge in [0.05, 0.1) is 24.0 Å². The van der Waals surface area contributed by atoms with Gasteiger partial charge in [-0.3, -0.25) is 14.3 Å². The molecule has 2 aliphatic rings. The van der Waals surface area contributed by atoms with Gasteiger partial charge in [-0.1, -0.05) is 13.3 Å². The minimum atomic E-state index is -3.51. The highest BCUT2D eigenvalue weighted by atomic mass is 32.2. The molecule has 0 spiro atoms.